The van der Waals surface area contributed by atoms with E-state index in [1.165, 1.54) is 0 Å². The minimum atomic E-state index is 0.297. The molecule has 1 saturated heterocycles. The third-order valence-electron chi connectivity index (χ3n) is 3.32. The van der Waals surface area contributed by atoms with Gasteiger partial charge in [0.05, 0.1) is 6.61 Å². The van der Waals surface area contributed by atoms with Crippen LogP contribution in [0.25, 0.3) is 10.4 Å². The van der Waals surface area contributed by atoms with Crippen LogP contribution in [-0.4, -0.2) is 44.3 Å². The standard InChI is InChI=1S/C11H22N4O/c1-4-16-8-10-7-15(6-5-13-14-12)9-11(10,2)3/h10H,4-9H2,1-3H3. The van der Waals surface area contributed by atoms with E-state index < -0.39 is 0 Å². The lowest BCUT2D eigenvalue weighted by atomic mass is 9.83. The molecule has 0 aromatic carbocycles. The van der Waals surface area contributed by atoms with Gasteiger partial charge < -0.3 is 9.64 Å². The highest BCUT2D eigenvalue weighted by Crippen LogP contribution is 2.35. The monoisotopic (exact) mass is 226 g/mol. The normalized spacial score (nSPS) is 24.3. The fourth-order valence-electron chi connectivity index (χ4n) is 2.27. The summed E-state index contributed by atoms with van der Waals surface area (Å²) in [6.07, 6.45) is 0. The molecular formula is C11H22N4O. The highest BCUT2D eigenvalue weighted by molar-refractivity contribution is 4.90. The smallest absolute Gasteiger partial charge is 0.0511 e. The molecule has 1 aliphatic heterocycles. The number of hydrogen-bond donors (Lipinski definition) is 0. The van der Waals surface area contributed by atoms with E-state index in [9.17, 15) is 0 Å². The largest absolute Gasteiger partial charge is 0.381 e. The van der Waals surface area contributed by atoms with Crippen molar-refractivity contribution in [1.29, 1.82) is 0 Å². The third kappa shape index (κ3) is 3.67. The second kappa shape index (κ2) is 6.09. The van der Waals surface area contributed by atoms with Crippen LogP contribution in [0, 0.1) is 11.3 Å². The van der Waals surface area contributed by atoms with E-state index in [1.807, 2.05) is 6.92 Å². The van der Waals surface area contributed by atoms with Gasteiger partial charge in [0.1, 0.15) is 0 Å². The van der Waals surface area contributed by atoms with Gasteiger partial charge in [0, 0.05) is 43.6 Å². The SMILES string of the molecule is CCOCC1CN(CCN=[N+]=[N-])CC1(C)C. The van der Waals surface area contributed by atoms with Crippen LogP contribution < -0.4 is 0 Å². The van der Waals surface area contributed by atoms with Crippen molar-refractivity contribution in [1.82, 2.24) is 4.90 Å². The molecule has 0 aromatic heterocycles. The Bertz CT molecular complexity index is 261. The van der Waals surface area contributed by atoms with Gasteiger partial charge in [-0.2, -0.15) is 0 Å². The zero-order valence-corrected chi connectivity index (χ0v) is 10.5. The van der Waals surface area contributed by atoms with Crippen LogP contribution in [-0.2, 0) is 4.74 Å². The Morgan fingerprint density at radius 2 is 2.31 bits per heavy atom. The summed E-state index contributed by atoms with van der Waals surface area (Å²) in [5, 5.41) is 3.58. The van der Waals surface area contributed by atoms with Crippen LogP contribution >= 0.6 is 0 Å². The lowest BCUT2D eigenvalue weighted by Crippen LogP contribution is -2.26. The summed E-state index contributed by atoms with van der Waals surface area (Å²) in [4.78, 5) is 5.13. The fraction of sp³-hybridized carbons (Fsp3) is 1.00. The van der Waals surface area contributed by atoms with Gasteiger partial charge in [-0.3, -0.25) is 0 Å². The molecule has 0 spiro atoms. The molecule has 1 unspecified atom stereocenters. The Hall–Kier alpha value is -0.770. The molecule has 0 aromatic rings. The van der Waals surface area contributed by atoms with E-state index in [0.717, 1.165) is 32.8 Å². The van der Waals surface area contributed by atoms with Crippen molar-refractivity contribution in [2.45, 2.75) is 20.8 Å². The summed E-state index contributed by atoms with van der Waals surface area (Å²) < 4.78 is 5.52. The number of rotatable bonds is 6. The summed E-state index contributed by atoms with van der Waals surface area (Å²) in [6, 6.07) is 0. The topological polar surface area (TPSA) is 61.2 Å². The van der Waals surface area contributed by atoms with Crippen LogP contribution in [0.1, 0.15) is 20.8 Å². The Morgan fingerprint density at radius 3 is 2.94 bits per heavy atom. The quantitative estimate of drug-likeness (QED) is 0.396. The zero-order valence-electron chi connectivity index (χ0n) is 10.5. The van der Waals surface area contributed by atoms with E-state index in [-0.39, 0.29) is 0 Å². The van der Waals surface area contributed by atoms with Crippen molar-refractivity contribution >= 4 is 0 Å². The van der Waals surface area contributed by atoms with Gasteiger partial charge in [-0.1, -0.05) is 19.0 Å². The van der Waals surface area contributed by atoms with Crippen molar-refractivity contribution in [3.05, 3.63) is 10.4 Å². The minimum Gasteiger partial charge on any atom is -0.381 e. The van der Waals surface area contributed by atoms with Gasteiger partial charge in [0.25, 0.3) is 0 Å². The first kappa shape index (κ1) is 13.3. The zero-order chi connectivity index (χ0) is 12.0. The Morgan fingerprint density at radius 1 is 1.56 bits per heavy atom. The van der Waals surface area contributed by atoms with E-state index in [2.05, 4.69) is 28.8 Å². The van der Waals surface area contributed by atoms with Crippen molar-refractivity contribution in [3.8, 4) is 0 Å². The van der Waals surface area contributed by atoms with Crippen molar-refractivity contribution in [2.24, 2.45) is 16.4 Å². The highest BCUT2D eigenvalue weighted by atomic mass is 16.5. The number of azide groups is 1. The number of nitrogens with zero attached hydrogens (tertiary/aromatic N) is 4. The first-order valence-corrected chi connectivity index (χ1v) is 5.91. The van der Waals surface area contributed by atoms with Gasteiger partial charge in [-0.25, -0.2) is 0 Å². The van der Waals surface area contributed by atoms with E-state index in [1.54, 1.807) is 0 Å². The maximum absolute atomic E-state index is 8.23. The molecule has 0 radical (unpaired) electrons. The summed E-state index contributed by atoms with van der Waals surface area (Å²) in [5.41, 5.74) is 8.53. The Kier molecular flexibility index (Phi) is 5.06. The predicted octanol–water partition coefficient (Wildman–Crippen LogP) is 2.29. The summed E-state index contributed by atoms with van der Waals surface area (Å²) in [5.74, 6) is 0.582. The molecule has 0 amide bonds. The molecule has 0 bridgehead atoms. The highest BCUT2D eigenvalue weighted by Gasteiger charge is 2.38. The van der Waals surface area contributed by atoms with Crippen molar-refractivity contribution in [3.63, 3.8) is 0 Å². The van der Waals surface area contributed by atoms with Crippen LogP contribution in [0.5, 0.6) is 0 Å². The predicted molar refractivity (Wildman–Crippen MR) is 64.2 cm³/mol. The maximum Gasteiger partial charge on any atom is 0.0511 e. The minimum absolute atomic E-state index is 0.297. The summed E-state index contributed by atoms with van der Waals surface area (Å²) >= 11 is 0. The van der Waals surface area contributed by atoms with Gasteiger partial charge >= 0.3 is 0 Å². The van der Waals surface area contributed by atoms with Crippen LogP contribution in [0.3, 0.4) is 0 Å². The molecule has 16 heavy (non-hydrogen) atoms. The van der Waals surface area contributed by atoms with Gasteiger partial charge in [0.15, 0.2) is 0 Å². The van der Waals surface area contributed by atoms with E-state index >= 15 is 0 Å². The van der Waals surface area contributed by atoms with E-state index in [4.69, 9.17) is 10.3 Å². The molecule has 0 N–H and O–H groups in total. The van der Waals surface area contributed by atoms with Crippen molar-refractivity contribution < 1.29 is 4.74 Å². The second-order valence-corrected chi connectivity index (χ2v) is 5.03. The van der Waals surface area contributed by atoms with E-state index in [0.29, 0.717) is 17.9 Å². The van der Waals surface area contributed by atoms with Gasteiger partial charge in [-0.15, -0.1) is 0 Å². The number of likely N-dealkylation sites (tertiary alicyclic amines) is 1. The fourth-order valence-corrected chi connectivity index (χ4v) is 2.27. The average molecular weight is 226 g/mol. The molecule has 0 aliphatic carbocycles. The molecule has 1 heterocycles. The van der Waals surface area contributed by atoms with Crippen LogP contribution in [0.4, 0.5) is 0 Å². The first-order chi connectivity index (χ1) is 7.60. The average Bonchev–Trinajstić information content (AvgIpc) is 2.51. The third-order valence-corrected chi connectivity index (χ3v) is 3.32. The first-order valence-electron chi connectivity index (χ1n) is 5.91. The van der Waals surface area contributed by atoms with Crippen LogP contribution in [0.2, 0.25) is 0 Å². The molecule has 1 fully saturated rings. The maximum atomic E-state index is 8.23. The molecule has 5 heteroatoms. The Labute approximate surface area is 97.4 Å². The molecule has 1 atom stereocenters. The van der Waals surface area contributed by atoms with Crippen molar-refractivity contribution in [2.75, 3.05) is 39.4 Å². The lowest BCUT2D eigenvalue weighted by Gasteiger charge is -2.25. The molecule has 1 aliphatic rings. The second-order valence-electron chi connectivity index (χ2n) is 5.03. The Balaban J connectivity index is 2.40. The van der Waals surface area contributed by atoms with Crippen LogP contribution in [0.15, 0.2) is 5.11 Å². The molecular weight excluding hydrogens is 204 g/mol. The summed E-state index contributed by atoms with van der Waals surface area (Å²) in [6.45, 7) is 11.7. The lowest BCUT2D eigenvalue weighted by molar-refractivity contribution is 0.0797. The summed E-state index contributed by atoms with van der Waals surface area (Å²) in [7, 11) is 0. The molecule has 0 saturated carbocycles. The number of ether oxygens (including phenoxy) is 1. The molecule has 5 nitrogen and oxygen atoms in total. The molecule has 92 valence electrons. The van der Waals surface area contributed by atoms with Gasteiger partial charge in [-0.05, 0) is 17.9 Å². The molecule has 1 rings (SSSR count). The number of hydrogen-bond acceptors (Lipinski definition) is 3. The van der Waals surface area contributed by atoms with Gasteiger partial charge in [0.2, 0.25) is 0 Å².